The van der Waals surface area contributed by atoms with E-state index in [0.717, 1.165) is 48.6 Å². The number of nitrogens with zero attached hydrogens (tertiary/aromatic N) is 4. The molecule has 0 saturated heterocycles. The molecule has 8 rings (SSSR count). The predicted octanol–water partition coefficient (Wildman–Crippen LogP) is 7.81. The maximum Gasteiger partial charge on any atom is 0.359 e. The van der Waals surface area contributed by atoms with E-state index in [1.807, 2.05) is 83.4 Å². The van der Waals surface area contributed by atoms with Crippen molar-refractivity contribution in [2.75, 3.05) is 0 Å². The van der Waals surface area contributed by atoms with Crippen molar-refractivity contribution in [3.8, 4) is 39.6 Å². The molecule has 45 heavy (non-hydrogen) atoms. The molecule has 0 amide bonds. The summed E-state index contributed by atoms with van der Waals surface area (Å²) in [4.78, 5) is 32.5. The van der Waals surface area contributed by atoms with Gasteiger partial charge < -0.3 is 0 Å². The van der Waals surface area contributed by atoms with Crippen LogP contribution in [0.5, 0.6) is 0 Å². The molecule has 6 nitrogen and oxygen atoms in total. The molecule has 0 saturated carbocycles. The van der Waals surface area contributed by atoms with E-state index in [1.54, 1.807) is 24.3 Å². The van der Waals surface area contributed by atoms with E-state index < -0.39 is 11.4 Å². The molecule has 2 heterocycles. The van der Waals surface area contributed by atoms with Crippen molar-refractivity contribution in [1.29, 1.82) is 0 Å². The Balaban J connectivity index is 1.39. The third kappa shape index (κ3) is 4.48. The molecule has 0 N–H and O–H groups in total. The molecule has 2 aromatic heterocycles. The van der Waals surface area contributed by atoms with E-state index in [2.05, 4.69) is 59.6 Å². The Bertz CT molecular complexity index is 2460. The van der Waals surface area contributed by atoms with E-state index >= 15 is 0 Å². The minimum absolute atomic E-state index is 0.230. The zero-order valence-electron chi connectivity index (χ0n) is 24.1. The number of aromatic nitrogens is 4. The highest BCUT2D eigenvalue weighted by atomic mass is 16.2. The van der Waals surface area contributed by atoms with Crippen LogP contribution in [-0.2, 0) is 0 Å². The lowest BCUT2D eigenvalue weighted by Crippen LogP contribution is -2.41. The van der Waals surface area contributed by atoms with Gasteiger partial charge >= 0.3 is 11.4 Å². The Hall–Kier alpha value is -6.27. The first-order valence-electron chi connectivity index (χ1n) is 14.7. The second kappa shape index (κ2) is 10.8. The summed E-state index contributed by atoms with van der Waals surface area (Å²) >= 11 is 0. The molecule has 6 aromatic carbocycles. The van der Waals surface area contributed by atoms with Gasteiger partial charge in [0.05, 0.1) is 22.4 Å². The zero-order chi connectivity index (χ0) is 30.3. The molecule has 0 aliphatic heterocycles. The quantitative estimate of drug-likeness (QED) is 0.208. The lowest BCUT2D eigenvalue weighted by atomic mass is 9.98. The largest absolute Gasteiger partial charge is 0.359 e. The summed E-state index contributed by atoms with van der Waals surface area (Å²) < 4.78 is 4.54. The Labute approximate surface area is 258 Å². The van der Waals surface area contributed by atoms with Gasteiger partial charge in [-0.3, -0.25) is 4.57 Å². The summed E-state index contributed by atoms with van der Waals surface area (Å²) in [6.07, 6.45) is 0. The summed E-state index contributed by atoms with van der Waals surface area (Å²) in [5, 5.41) is 1.99. The van der Waals surface area contributed by atoms with Crippen molar-refractivity contribution in [2.24, 2.45) is 0 Å². The Morgan fingerprint density at radius 1 is 0.400 bits per heavy atom. The van der Waals surface area contributed by atoms with Crippen molar-refractivity contribution in [2.45, 2.75) is 0 Å². The van der Waals surface area contributed by atoms with Crippen molar-refractivity contribution >= 4 is 21.8 Å². The molecule has 8 aromatic rings. The standard InChI is InChI=1S/C39H26N4O2/c44-38-40-37(41(31-17-6-2-7-18-31)39(45)42(38)32-19-8-3-9-20-32)43-35-22-11-10-21-33(35)34-26-30(23-24-36(34)43)29-16-12-15-28(25-29)27-13-4-1-5-14-27/h1-26H. The smallest absolute Gasteiger partial charge is 0.279 e. The van der Waals surface area contributed by atoms with Gasteiger partial charge in [0.15, 0.2) is 0 Å². The van der Waals surface area contributed by atoms with Crippen LogP contribution in [0.15, 0.2) is 167 Å². The second-order valence-corrected chi connectivity index (χ2v) is 10.9. The summed E-state index contributed by atoms with van der Waals surface area (Å²) in [5.74, 6) is 0.230. The van der Waals surface area contributed by atoms with Crippen LogP contribution in [0.3, 0.4) is 0 Å². The molecule has 0 atom stereocenters. The lowest BCUT2D eigenvalue weighted by molar-refractivity contribution is 0.718. The maximum atomic E-state index is 14.2. The van der Waals surface area contributed by atoms with Crippen molar-refractivity contribution in [1.82, 2.24) is 18.7 Å². The summed E-state index contributed by atoms with van der Waals surface area (Å²) in [5.41, 5.74) is 6.07. The molecule has 214 valence electrons. The van der Waals surface area contributed by atoms with E-state index in [4.69, 9.17) is 0 Å². The van der Waals surface area contributed by atoms with Gasteiger partial charge in [0.2, 0.25) is 5.95 Å². The van der Waals surface area contributed by atoms with Crippen LogP contribution in [0.2, 0.25) is 0 Å². The molecular formula is C39H26N4O2. The number of benzene rings is 6. The summed E-state index contributed by atoms with van der Waals surface area (Å²) in [6, 6.07) is 51.4. The SMILES string of the molecule is O=c1nc(-n2c3ccccc3c3cc(-c4cccc(-c5ccccc5)c4)ccc32)n(-c2ccccc2)c(=O)n1-c1ccccc1. The fourth-order valence-corrected chi connectivity index (χ4v) is 6.08. The van der Waals surface area contributed by atoms with Crippen LogP contribution in [0.4, 0.5) is 0 Å². The number of fused-ring (bicyclic) bond motifs is 3. The van der Waals surface area contributed by atoms with Crippen LogP contribution >= 0.6 is 0 Å². The Kier molecular flexibility index (Phi) is 6.31. The van der Waals surface area contributed by atoms with E-state index in [9.17, 15) is 9.59 Å². The van der Waals surface area contributed by atoms with Gasteiger partial charge in [-0.15, -0.1) is 0 Å². The van der Waals surface area contributed by atoms with Gasteiger partial charge in [-0.25, -0.2) is 18.7 Å². The molecule has 0 fully saturated rings. The predicted molar refractivity (Wildman–Crippen MR) is 181 cm³/mol. The summed E-state index contributed by atoms with van der Waals surface area (Å²) in [6.45, 7) is 0. The minimum Gasteiger partial charge on any atom is -0.279 e. The van der Waals surface area contributed by atoms with Crippen LogP contribution < -0.4 is 11.4 Å². The van der Waals surface area contributed by atoms with Crippen LogP contribution in [-0.4, -0.2) is 18.7 Å². The molecule has 0 spiro atoms. The normalized spacial score (nSPS) is 11.3. The van der Waals surface area contributed by atoms with Gasteiger partial charge in [-0.05, 0) is 70.8 Å². The van der Waals surface area contributed by atoms with E-state index in [0.29, 0.717) is 11.4 Å². The maximum absolute atomic E-state index is 14.2. The number of rotatable bonds is 5. The van der Waals surface area contributed by atoms with E-state index in [1.165, 1.54) is 4.57 Å². The van der Waals surface area contributed by atoms with E-state index in [-0.39, 0.29) is 5.95 Å². The Morgan fingerprint density at radius 2 is 0.933 bits per heavy atom. The fourth-order valence-electron chi connectivity index (χ4n) is 6.08. The van der Waals surface area contributed by atoms with Gasteiger partial charge in [0.25, 0.3) is 0 Å². The summed E-state index contributed by atoms with van der Waals surface area (Å²) in [7, 11) is 0. The molecule has 6 heteroatoms. The van der Waals surface area contributed by atoms with Crippen molar-refractivity contribution in [3.63, 3.8) is 0 Å². The third-order valence-corrected chi connectivity index (χ3v) is 8.17. The monoisotopic (exact) mass is 582 g/mol. The van der Waals surface area contributed by atoms with Gasteiger partial charge in [0.1, 0.15) is 0 Å². The molecule has 0 aliphatic rings. The highest BCUT2D eigenvalue weighted by molar-refractivity contribution is 6.10. The molecule has 0 bridgehead atoms. The second-order valence-electron chi connectivity index (χ2n) is 10.9. The molecule has 0 aliphatic carbocycles. The first kappa shape index (κ1) is 26.4. The Morgan fingerprint density at radius 3 is 1.64 bits per heavy atom. The number of para-hydroxylation sites is 3. The van der Waals surface area contributed by atoms with Crippen LogP contribution in [0.25, 0.3) is 61.4 Å². The topological polar surface area (TPSA) is 61.8 Å². The minimum atomic E-state index is -0.645. The zero-order valence-corrected chi connectivity index (χ0v) is 24.1. The molecule has 0 unspecified atom stereocenters. The van der Waals surface area contributed by atoms with Gasteiger partial charge in [-0.1, -0.05) is 109 Å². The lowest BCUT2D eigenvalue weighted by Gasteiger charge is -2.16. The number of hydrogen-bond acceptors (Lipinski definition) is 3. The van der Waals surface area contributed by atoms with Crippen molar-refractivity contribution < 1.29 is 0 Å². The highest BCUT2D eigenvalue weighted by Gasteiger charge is 2.21. The number of hydrogen-bond donors (Lipinski definition) is 0. The average molecular weight is 583 g/mol. The third-order valence-electron chi connectivity index (χ3n) is 8.17. The highest BCUT2D eigenvalue weighted by Crippen LogP contribution is 2.35. The first-order chi connectivity index (χ1) is 22.2. The van der Waals surface area contributed by atoms with Crippen LogP contribution in [0.1, 0.15) is 0 Å². The molecular weight excluding hydrogens is 556 g/mol. The fraction of sp³-hybridized carbons (Fsp3) is 0. The molecule has 0 radical (unpaired) electrons. The van der Waals surface area contributed by atoms with Crippen molar-refractivity contribution in [3.05, 3.63) is 179 Å². The van der Waals surface area contributed by atoms with Gasteiger partial charge in [0, 0.05) is 10.8 Å². The first-order valence-corrected chi connectivity index (χ1v) is 14.7. The van der Waals surface area contributed by atoms with Gasteiger partial charge in [-0.2, -0.15) is 4.98 Å². The average Bonchev–Trinajstić information content (AvgIpc) is 3.43. The van der Waals surface area contributed by atoms with Crippen LogP contribution in [0, 0.1) is 0 Å².